The number of para-hydroxylation sites is 1. The molecule has 0 spiro atoms. The van der Waals surface area contributed by atoms with Crippen molar-refractivity contribution in [3.05, 3.63) is 58.6 Å². The molecular weight excluding hydrogens is 396 g/mol. The Bertz CT molecular complexity index is 775. The van der Waals surface area contributed by atoms with Crippen molar-refractivity contribution in [2.75, 3.05) is 26.7 Å². The van der Waals surface area contributed by atoms with E-state index in [-0.39, 0.29) is 18.4 Å². The highest BCUT2D eigenvalue weighted by Crippen LogP contribution is 2.28. The zero-order valence-electron chi connectivity index (χ0n) is 15.2. The van der Waals surface area contributed by atoms with Crippen LogP contribution >= 0.6 is 15.9 Å². The average Bonchev–Trinajstić information content (AvgIpc) is 2.62. The van der Waals surface area contributed by atoms with Crippen molar-refractivity contribution in [2.45, 2.75) is 13.8 Å². The molecule has 0 atom stereocenters. The smallest absolute Gasteiger partial charge is 0.257 e. The molecule has 0 aliphatic carbocycles. The minimum Gasteiger partial charge on any atom is -0.456 e. The highest BCUT2D eigenvalue weighted by molar-refractivity contribution is 9.10. The van der Waals surface area contributed by atoms with Crippen LogP contribution < -0.4 is 4.74 Å². The lowest BCUT2D eigenvalue weighted by molar-refractivity contribution is -0.131. The van der Waals surface area contributed by atoms with E-state index in [1.807, 2.05) is 44.2 Å². The van der Waals surface area contributed by atoms with E-state index in [1.54, 1.807) is 30.1 Å². The number of rotatable bonds is 7. The third-order valence-electron chi connectivity index (χ3n) is 3.98. The van der Waals surface area contributed by atoms with E-state index < -0.39 is 0 Å². The molecule has 0 N–H and O–H groups in total. The topological polar surface area (TPSA) is 49.9 Å². The molecule has 0 bridgehead atoms. The Balaban J connectivity index is 2.17. The van der Waals surface area contributed by atoms with E-state index in [0.29, 0.717) is 30.2 Å². The lowest BCUT2D eigenvalue weighted by Crippen LogP contribution is -2.41. The first kappa shape index (κ1) is 20.0. The molecule has 5 nitrogen and oxygen atoms in total. The Morgan fingerprint density at radius 3 is 2.38 bits per heavy atom. The fourth-order valence-corrected chi connectivity index (χ4v) is 2.92. The zero-order valence-corrected chi connectivity index (χ0v) is 16.8. The van der Waals surface area contributed by atoms with Gasteiger partial charge in [0, 0.05) is 24.6 Å². The molecule has 2 amide bonds. The van der Waals surface area contributed by atoms with Crippen LogP contribution in [-0.4, -0.2) is 48.3 Å². The van der Waals surface area contributed by atoms with Crippen molar-refractivity contribution in [3.63, 3.8) is 0 Å². The summed E-state index contributed by atoms with van der Waals surface area (Å²) in [5.41, 5.74) is 0.419. The van der Waals surface area contributed by atoms with Crippen molar-refractivity contribution >= 4 is 27.7 Å². The molecule has 2 rings (SSSR count). The van der Waals surface area contributed by atoms with E-state index >= 15 is 0 Å². The van der Waals surface area contributed by atoms with Crippen LogP contribution in [0.4, 0.5) is 0 Å². The van der Waals surface area contributed by atoms with Gasteiger partial charge >= 0.3 is 0 Å². The number of hydrogen-bond acceptors (Lipinski definition) is 3. The number of carbonyl (C=O) groups is 2. The van der Waals surface area contributed by atoms with Gasteiger partial charge in [-0.3, -0.25) is 9.59 Å². The normalized spacial score (nSPS) is 10.3. The highest BCUT2D eigenvalue weighted by Gasteiger charge is 2.20. The second-order valence-corrected chi connectivity index (χ2v) is 6.70. The Hall–Kier alpha value is -2.34. The summed E-state index contributed by atoms with van der Waals surface area (Å²) in [7, 11) is 1.62. The molecule has 0 aliphatic heterocycles. The van der Waals surface area contributed by atoms with Crippen molar-refractivity contribution in [1.29, 1.82) is 0 Å². The van der Waals surface area contributed by atoms with Gasteiger partial charge in [-0.1, -0.05) is 34.1 Å². The summed E-state index contributed by atoms with van der Waals surface area (Å²) in [5, 5.41) is 0. The Labute approximate surface area is 162 Å². The van der Waals surface area contributed by atoms with Crippen LogP contribution in [0, 0.1) is 0 Å². The van der Waals surface area contributed by atoms with Crippen molar-refractivity contribution in [3.8, 4) is 11.5 Å². The first-order chi connectivity index (χ1) is 12.5. The van der Waals surface area contributed by atoms with Crippen molar-refractivity contribution in [1.82, 2.24) is 9.80 Å². The maximum absolute atomic E-state index is 12.8. The molecule has 26 heavy (non-hydrogen) atoms. The third kappa shape index (κ3) is 5.08. The quantitative estimate of drug-likeness (QED) is 0.677. The fourth-order valence-electron chi connectivity index (χ4n) is 2.55. The number of halogens is 1. The molecule has 6 heteroatoms. The van der Waals surface area contributed by atoms with Crippen molar-refractivity contribution < 1.29 is 14.3 Å². The molecule has 138 valence electrons. The fraction of sp³-hybridized carbons (Fsp3) is 0.300. The van der Waals surface area contributed by atoms with Gasteiger partial charge in [-0.15, -0.1) is 0 Å². The van der Waals surface area contributed by atoms with Gasteiger partial charge in [0.1, 0.15) is 11.5 Å². The van der Waals surface area contributed by atoms with Gasteiger partial charge in [-0.2, -0.15) is 0 Å². The van der Waals surface area contributed by atoms with E-state index in [0.717, 1.165) is 4.47 Å². The summed E-state index contributed by atoms with van der Waals surface area (Å²) in [6.07, 6.45) is 0. The Kier molecular flexibility index (Phi) is 7.21. The summed E-state index contributed by atoms with van der Waals surface area (Å²) in [4.78, 5) is 28.2. The number of benzene rings is 2. The van der Waals surface area contributed by atoms with Crippen LogP contribution in [0.25, 0.3) is 0 Å². The van der Waals surface area contributed by atoms with Gasteiger partial charge in [0.25, 0.3) is 5.91 Å². The molecule has 0 aromatic heterocycles. The van der Waals surface area contributed by atoms with Crippen LogP contribution in [0.1, 0.15) is 24.2 Å². The van der Waals surface area contributed by atoms with Gasteiger partial charge in [-0.25, -0.2) is 0 Å². The summed E-state index contributed by atoms with van der Waals surface area (Å²) < 4.78 is 6.77. The number of hydrogen-bond donors (Lipinski definition) is 0. The molecule has 2 aromatic rings. The predicted molar refractivity (Wildman–Crippen MR) is 106 cm³/mol. The highest BCUT2D eigenvalue weighted by atomic mass is 79.9. The number of amides is 2. The molecule has 0 unspecified atom stereocenters. The molecule has 0 aliphatic rings. The largest absolute Gasteiger partial charge is 0.456 e. The first-order valence-electron chi connectivity index (χ1n) is 8.52. The van der Waals surface area contributed by atoms with Gasteiger partial charge in [-0.05, 0) is 44.2 Å². The lowest BCUT2D eigenvalue weighted by atomic mass is 10.1. The second-order valence-electron chi connectivity index (χ2n) is 5.78. The van der Waals surface area contributed by atoms with Gasteiger partial charge in [0.2, 0.25) is 5.91 Å². The zero-order chi connectivity index (χ0) is 19.1. The van der Waals surface area contributed by atoms with Crippen LogP contribution in [0.3, 0.4) is 0 Å². The third-order valence-corrected chi connectivity index (χ3v) is 4.47. The molecule has 0 saturated heterocycles. The molecule has 0 saturated carbocycles. The number of nitrogens with zero attached hydrogens (tertiary/aromatic N) is 2. The first-order valence-corrected chi connectivity index (χ1v) is 9.31. The summed E-state index contributed by atoms with van der Waals surface area (Å²) in [6, 6.07) is 14.4. The standard InChI is InChI=1S/C20H23BrN2O3/c1-4-23(5-2)19(24)14-22(3)20(25)17-11-6-7-12-18(17)26-16-10-8-9-15(21)13-16/h6-13H,4-5,14H2,1-3H3. The molecular formula is C20H23BrN2O3. The SMILES string of the molecule is CCN(CC)C(=O)CN(C)C(=O)c1ccccc1Oc1cccc(Br)c1. The van der Waals surface area contributed by atoms with E-state index in [1.165, 1.54) is 4.90 Å². The Morgan fingerprint density at radius 2 is 1.73 bits per heavy atom. The molecule has 0 heterocycles. The average molecular weight is 419 g/mol. The van der Waals surface area contributed by atoms with Crippen LogP contribution in [0.5, 0.6) is 11.5 Å². The predicted octanol–water partition coefficient (Wildman–Crippen LogP) is 4.18. The summed E-state index contributed by atoms with van der Waals surface area (Å²) >= 11 is 3.40. The summed E-state index contributed by atoms with van der Waals surface area (Å²) in [5.74, 6) is 0.756. The second kappa shape index (κ2) is 9.38. The minimum absolute atomic E-state index is 0.0335. The molecule has 2 aromatic carbocycles. The van der Waals surface area contributed by atoms with Crippen LogP contribution in [0.2, 0.25) is 0 Å². The van der Waals surface area contributed by atoms with E-state index in [4.69, 9.17) is 4.74 Å². The summed E-state index contributed by atoms with van der Waals surface area (Å²) in [6.45, 7) is 5.13. The maximum atomic E-state index is 12.8. The van der Waals surface area contributed by atoms with Gasteiger partial charge in [0.05, 0.1) is 12.1 Å². The minimum atomic E-state index is -0.254. The molecule has 0 radical (unpaired) electrons. The van der Waals surface area contributed by atoms with Crippen LogP contribution in [0.15, 0.2) is 53.0 Å². The van der Waals surface area contributed by atoms with Crippen molar-refractivity contribution in [2.24, 2.45) is 0 Å². The number of ether oxygens (including phenoxy) is 1. The monoisotopic (exact) mass is 418 g/mol. The maximum Gasteiger partial charge on any atom is 0.257 e. The van der Waals surface area contributed by atoms with E-state index in [2.05, 4.69) is 15.9 Å². The number of carbonyl (C=O) groups excluding carboxylic acids is 2. The van der Waals surface area contributed by atoms with Gasteiger partial charge in [0.15, 0.2) is 0 Å². The van der Waals surface area contributed by atoms with Gasteiger partial charge < -0.3 is 14.5 Å². The Morgan fingerprint density at radius 1 is 1.04 bits per heavy atom. The lowest BCUT2D eigenvalue weighted by Gasteiger charge is -2.23. The van der Waals surface area contributed by atoms with E-state index in [9.17, 15) is 9.59 Å². The molecule has 0 fully saturated rings. The van der Waals surface area contributed by atoms with Crippen LogP contribution in [-0.2, 0) is 4.79 Å². The number of likely N-dealkylation sites (N-methyl/N-ethyl adjacent to an activating group) is 2.